The largest absolute Gasteiger partial charge is 0.496 e. The fourth-order valence-electron chi connectivity index (χ4n) is 2.71. The first-order chi connectivity index (χ1) is 13.6. The molecule has 0 spiro atoms. The predicted molar refractivity (Wildman–Crippen MR) is 106 cm³/mol. The number of carbonyl (C=O) groups is 1. The van der Waals surface area contributed by atoms with Crippen molar-refractivity contribution in [2.45, 2.75) is 0 Å². The van der Waals surface area contributed by atoms with Crippen molar-refractivity contribution in [2.24, 2.45) is 0 Å². The van der Waals surface area contributed by atoms with Crippen molar-refractivity contribution in [3.05, 3.63) is 77.8 Å². The van der Waals surface area contributed by atoms with Crippen molar-refractivity contribution < 1.29 is 18.3 Å². The number of nitrogens with one attached hydrogen (secondary N) is 1. The van der Waals surface area contributed by atoms with Crippen LogP contribution in [0.3, 0.4) is 0 Å². The standard InChI is InChI=1S/C21H15FN2O3S/c1-26-18-9-6-14(22)11-16(18)17-12-28-21(24-17)13-4-7-15(8-5-13)23-20(25)19-3-2-10-27-19/h2-12H,1H3,(H,23,25). The minimum Gasteiger partial charge on any atom is -0.496 e. The Morgan fingerprint density at radius 1 is 1.18 bits per heavy atom. The maximum absolute atomic E-state index is 13.6. The summed E-state index contributed by atoms with van der Waals surface area (Å²) in [5, 5.41) is 5.41. The van der Waals surface area contributed by atoms with Crippen molar-refractivity contribution in [1.29, 1.82) is 0 Å². The Morgan fingerprint density at radius 3 is 2.71 bits per heavy atom. The molecule has 0 bridgehead atoms. The topological polar surface area (TPSA) is 64.4 Å². The van der Waals surface area contributed by atoms with Crippen LogP contribution in [0.2, 0.25) is 0 Å². The first-order valence-corrected chi connectivity index (χ1v) is 9.27. The molecule has 0 saturated heterocycles. The van der Waals surface area contributed by atoms with Gasteiger partial charge in [-0.3, -0.25) is 4.79 Å². The zero-order valence-electron chi connectivity index (χ0n) is 14.8. The Bertz CT molecular complexity index is 1110. The molecular formula is C21H15FN2O3S. The SMILES string of the molecule is COc1ccc(F)cc1-c1csc(-c2ccc(NC(=O)c3ccco3)cc2)n1. The minimum absolute atomic E-state index is 0.248. The van der Waals surface area contributed by atoms with Gasteiger partial charge in [-0.15, -0.1) is 11.3 Å². The van der Waals surface area contributed by atoms with Gasteiger partial charge in [-0.1, -0.05) is 0 Å². The van der Waals surface area contributed by atoms with Gasteiger partial charge >= 0.3 is 0 Å². The smallest absolute Gasteiger partial charge is 0.291 e. The third-order valence-electron chi connectivity index (χ3n) is 4.08. The number of nitrogens with zero attached hydrogens (tertiary/aromatic N) is 1. The van der Waals surface area contributed by atoms with Crippen LogP contribution in [0.5, 0.6) is 5.75 Å². The Hall–Kier alpha value is -3.45. The zero-order valence-corrected chi connectivity index (χ0v) is 15.6. The number of hydrogen-bond donors (Lipinski definition) is 1. The average Bonchev–Trinajstić information content (AvgIpc) is 3.41. The van der Waals surface area contributed by atoms with E-state index in [4.69, 9.17) is 9.15 Å². The molecule has 4 rings (SSSR count). The molecule has 2 aromatic heterocycles. The summed E-state index contributed by atoms with van der Waals surface area (Å²) in [6.07, 6.45) is 1.45. The average molecular weight is 394 g/mol. The summed E-state index contributed by atoms with van der Waals surface area (Å²) >= 11 is 1.45. The molecule has 2 aromatic carbocycles. The molecule has 0 aliphatic carbocycles. The second kappa shape index (κ2) is 7.66. The summed E-state index contributed by atoms with van der Waals surface area (Å²) in [5.74, 6) is 0.154. The number of carbonyl (C=O) groups excluding carboxylic acids is 1. The van der Waals surface area contributed by atoms with E-state index in [0.717, 1.165) is 10.6 Å². The first kappa shape index (κ1) is 17.9. The summed E-state index contributed by atoms with van der Waals surface area (Å²) in [6.45, 7) is 0. The third kappa shape index (κ3) is 3.65. The molecule has 4 aromatic rings. The van der Waals surface area contributed by atoms with Crippen LogP contribution in [-0.4, -0.2) is 18.0 Å². The van der Waals surface area contributed by atoms with Crippen LogP contribution in [0.1, 0.15) is 10.6 Å². The molecule has 2 heterocycles. The van der Waals surface area contributed by atoms with Crippen molar-refractivity contribution >= 4 is 22.9 Å². The normalized spacial score (nSPS) is 10.6. The zero-order chi connectivity index (χ0) is 19.5. The molecule has 0 unspecified atom stereocenters. The lowest BCUT2D eigenvalue weighted by atomic mass is 10.1. The highest BCUT2D eigenvalue weighted by atomic mass is 32.1. The molecule has 5 nitrogen and oxygen atoms in total. The molecule has 0 radical (unpaired) electrons. The molecule has 0 aliphatic heterocycles. The van der Waals surface area contributed by atoms with E-state index in [1.807, 2.05) is 17.5 Å². The fraction of sp³-hybridized carbons (Fsp3) is 0.0476. The highest BCUT2D eigenvalue weighted by Crippen LogP contribution is 2.34. The van der Waals surface area contributed by atoms with Gasteiger partial charge < -0.3 is 14.5 Å². The minimum atomic E-state index is -0.345. The number of hydrogen-bond acceptors (Lipinski definition) is 5. The van der Waals surface area contributed by atoms with E-state index in [9.17, 15) is 9.18 Å². The molecule has 140 valence electrons. The van der Waals surface area contributed by atoms with E-state index in [-0.39, 0.29) is 17.5 Å². The van der Waals surface area contributed by atoms with Crippen LogP contribution in [-0.2, 0) is 0 Å². The Morgan fingerprint density at radius 2 is 2.00 bits per heavy atom. The van der Waals surface area contributed by atoms with E-state index < -0.39 is 0 Å². The number of ether oxygens (including phenoxy) is 1. The van der Waals surface area contributed by atoms with E-state index in [2.05, 4.69) is 10.3 Å². The maximum atomic E-state index is 13.6. The van der Waals surface area contributed by atoms with E-state index >= 15 is 0 Å². The van der Waals surface area contributed by atoms with Gasteiger partial charge in [0.25, 0.3) is 5.91 Å². The number of benzene rings is 2. The van der Waals surface area contributed by atoms with Gasteiger partial charge in [-0.05, 0) is 54.6 Å². The second-order valence-corrected chi connectivity index (χ2v) is 6.75. The van der Waals surface area contributed by atoms with E-state index in [1.165, 1.54) is 29.7 Å². The van der Waals surface area contributed by atoms with Crippen LogP contribution in [0.25, 0.3) is 21.8 Å². The Balaban J connectivity index is 1.54. The fourth-order valence-corrected chi connectivity index (χ4v) is 3.53. The van der Waals surface area contributed by atoms with Crippen LogP contribution >= 0.6 is 11.3 Å². The van der Waals surface area contributed by atoms with Crippen molar-refractivity contribution in [1.82, 2.24) is 4.98 Å². The maximum Gasteiger partial charge on any atom is 0.291 e. The third-order valence-corrected chi connectivity index (χ3v) is 4.97. The first-order valence-electron chi connectivity index (χ1n) is 8.39. The molecular weight excluding hydrogens is 379 g/mol. The summed E-state index contributed by atoms with van der Waals surface area (Å²) in [5.41, 5.74) is 2.79. The number of anilines is 1. The molecule has 0 aliphatic rings. The van der Waals surface area contributed by atoms with Crippen LogP contribution < -0.4 is 10.1 Å². The lowest BCUT2D eigenvalue weighted by Gasteiger charge is -2.06. The highest BCUT2D eigenvalue weighted by Gasteiger charge is 2.13. The van der Waals surface area contributed by atoms with Crippen molar-refractivity contribution in [2.75, 3.05) is 12.4 Å². The number of methoxy groups -OCH3 is 1. The molecule has 7 heteroatoms. The van der Waals surface area contributed by atoms with Crippen LogP contribution in [0.15, 0.2) is 70.7 Å². The Labute approximate surface area is 164 Å². The summed E-state index contributed by atoms with van der Waals surface area (Å²) in [6, 6.07) is 14.9. The monoisotopic (exact) mass is 394 g/mol. The van der Waals surface area contributed by atoms with E-state index in [1.54, 1.807) is 37.4 Å². The van der Waals surface area contributed by atoms with Crippen LogP contribution in [0.4, 0.5) is 10.1 Å². The number of halogens is 1. The van der Waals surface area contributed by atoms with Gasteiger partial charge in [0.2, 0.25) is 0 Å². The van der Waals surface area contributed by atoms with Crippen LogP contribution in [0, 0.1) is 5.82 Å². The lowest BCUT2D eigenvalue weighted by molar-refractivity contribution is 0.0996. The molecule has 1 amide bonds. The van der Waals surface area contributed by atoms with Gasteiger partial charge in [0, 0.05) is 22.2 Å². The number of rotatable bonds is 5. The van der Waals surface area contributed by atoms with Gasteiger partial charge in [0.15, 0.2) is 5.76 Å². The summed E-state index contributed by atoms with van der Waals surface area (Å²) in [4.78, 5) is 16.6. The molecule has 0 saturated carbocycles. The highest BCUT2D eigenvalue weighted by molar-refractivity contribution is 7.13. The Kier molecular flexibility index (Phi) is 4.90. The van der Waals surface area contributed by atoms with Gasteiger partial charge in [0.1, 0.15) is 16.6 Å². The molecule has 28 heavy (non-hydrogen) atoms. The molecule has 0 atom stereocenters. The van der Waals surface area contributed by atoms with E-state index in [0.29, 0.717) is 22.7 Å². The van der Waals surface area contributed by atoms with Gasteiger partial charge in [-0.25, -0.2) is 9.37 Å². The summed E-state index contributed by atoms with van der Waals surface area (Å²) < 4.78 is 24.0. The quantitative estimate of drug-likeness (QED) is 0.487. The number of aromatic nitrogens is 1. The number of furan rings is 1. The van der Waals surface area contributed by atoms with Gasteiger partial charge in [-0.2, -0.15) is 0 Å². The molecule has 0 fully saturated rings. The molecule has 1 N–H and O–H groups in total. The predicted octanol–water partition coefficient (Wildman–Crippen LogP) is 5.47. The van der Waals surface area contributed by atoms with Gasteiger partial charge in [0.05, 0.1) is 19.1 Å². The van der Waals surface area contributed by atoms with Crippen molar-refractivity contribution in [3.8, 4) is 27.6 Å². The van der Waals surface area contributed by atoms with Crippen molar-refractivity contribution in [3.63, 3.8) is 0 Å². The summed E-state index contributed by atoms with van der Waals surface area (Å²) in [7, 11) is 1.54. The lowest BCUT2D eigenvalue weighted by Crippen LogP contribution is -2.10. The second-order valence-electron chi connectivity index (χ2n) is 5.89. The number of thiazole rings is 1. The number of amides is 1.